The zero-order chi connectivity index (χ0) is 9.97. The van der Waals surface area contributed by atoms with E-state index in [0.29, 0.717) is 12.0 Å². The van der Waals surface area contributed by atoms with E-state index >= 15 is 0 Å². The quantitative estimate of drug-likeness (QED) is 0.789. The van der Waals surface area contributed by atoms with Crippen molar-refractivity contribution in [3.05, 3.63) is 23.9 Å². The molecule has 1 fully saturated rings. The van der Waals surface area contributed by atoms with Crippen LogP contribution in [0.5, 0.6) is 5.88 Å². The molecule has 1 heterocycles. The van der Waals surface area contributed by atoms with Crippen molar-refractivity contribution in [3.63, 3.8) is 0 Å². The SMILES string of the molecule is Cc1ccc(OC2CC(CN)C2)nc1. The average molecular weight is 192 g/mol. The van der Waals surface area contributed by atoms with Crippen molar-refractivity contribution < 1.29 is 4.74 Å². The van der Waals surface area contributed by atoms with E-state index in [1.807, 2.05) is 25.3 Å². The molecular formula is C11H16N2O. The zero-order valence-corrected chi connectivity index (χ0v) is 8.44. The molecule has 0 saturated heterocycles. The highest BCUT2D eigenvalue weighted by Gasteiger charge is 2.29. The highest BCUT2D eigenvalue weighted by molar-refractivity contribution is 5.16. The van der Waals surface area contributed by atoms with E-state index in [4.69, 9.17) is 10.5 Å². The van der Waals surface area contributed by atoms with E-state index in [0.717, 1.165) is 30.8 Å². The van der Waals surface area contributed by atoms with Gasteiger partial charge in [-0.05, 0) is 37.8 Å². The molecule has 0 aliphatic heterocycles. The monoisotopic (exact) mass is 192 g/mol. The lowest BCUT2D eigenvalue weighted by atomic mass is 9.82. The molecule has 2 N–H and O–H groups in total. The summed E-state index contributed by atoms with van der Waals surface area (Å²) in [6.07, 6.45) is 4.31. The minimum absolute atomic E-state index is 0.332. The summed E-state index contributed by atoms with van der Waals surface area (Å²) in [6, 6.07) is 3.94. The molecule has 0 radical (unpaired) electrons. The number of aromatic nitrogens is 1. The minimum Gasteiger partial charge on any atom is -0.474 e. The van der Waals surface area contributed by atoms with Crippen molar-refractivity contribution in [2.24, 2.45) is 11.7 Å². The molecule has 1 aromatic heterocycles. The summed E-state index contributed by atoms with van der Waals surface area (Å²) in [7, 11) is 0. The van der Waals surface area contributed by atoms with Gasteiger partial charge < -0.3 is 10.5 Å². The van der Waals surface area contributed by atoms with Gasteiger partial charge in [0, 0.05) is 12.3 Å². The van der Waals surface area contributed by atoms with Crippen molar-refractivity contribution in [1.82, 2.24) is 4.98 Å². The summed E-state index contributed by atoms with van der Waals surface area (Å²) >= 11 is 0. The molecule has 1 aliphatic carbocycles. The van der Waals surface area contributed by atoms with Gasteiger partial charge >= 0.3 is 0 Å². The second-order valence-electron chi connectivity index (χ2n) is 3.99. The lowest BCUT2D eigenvalue weighted by molar-refractivity contribution is 0.0648. The summed E-state index contributed by atoms with van der Waals surface area (Å²) in [4.78, 5) is 4.20. The number of nitrogens with two attached hydrogens (primary N) is 1. The fraction of sp³-hybridized carbons (Fsp3) is 0.545. The predicted octanol–water partition coefficient (Wildman–Crippen LogP) is 1.51. The Labute approximate surface area is 84.3 Å². The Hall–Kier alpha value is -1.09. The third kappa shape index (κ3) is 2.04. The van der Waals surface area contributed by atoms with Crippen LogP contribution in [0.2, 0.25) is 0 Å². The van der Waals surface area contributed by atoms with Gasteiger partial charge in [-0.15, -0.1) is 0 Å². The maximum atomic E-state index is 5.67. The van der Waals surface area contributed by atoms with E-state index in [1.54, 1.807) is 0 Å². The van der Waals surface area contributed by atoms with Crippen molar-refractivity contribution in [1.29, 1.82) is 0 Å². The molecule has 14 heavy (non-hydrogen) atoms. The summed E-state index contributed by atoms with van der Waals surface area (Å²) < 4.78 is 5.67. The van der Waals surface area contributed by atoms with E-state index < -0.39 is 0 Å². The lowest BCUT2D eigenvalue weighted by Crippen LogP contribution is -2.37. The number of pyridine rings is 1. The second kappa shape index (κ2) is 3.96. The Balaban J connectivity index is 1.84. The smallest absolute Gasteiger partial charge is 0.213 e. The van der Waals surface area contributed by atoms with Crippen LogP contribution in [0.25, 0.3) is 0 Å². The van der Waals surface area contributed by atoms with E-state index in [1.165, 1.54) is 0 Å². The highest BCUT2D eigenvalue weighted by atomic mass is 16.5. The molecule has 1 saturated carbocycles. The Morgan fingerprint density at radius 3 is 2.86 bits per heavy atom. The van der Waals surface area contributed by atoms with E-state index in [9.17, 15) is 0 Å². The van der Waals surface area contributed by atoms with Crippen LogP contribution in [0.4, 0.5) is 0 Å². The van der Waals surface area contributed by atoms with Crippen molar-refractivity contribution in [3.8, 4) is 5.88 Å². The first-order chi connectivity index (χ1) is 6.78. The first kappa shape index (κ1) is 9.46. The zero-order valence-electron chi connectivity index (χ0n) is 8.44. The Kier molecular flexibility index (Phi) is 2.68. The Morgan fingerprint density at radius 2 is 2.29 bits per heavy atom. The molecule has 0 amide bonds. The van der Waals surface area contributed by atoms with Crippen LogP contribution >= 0.6 is 0 Å². The van der Waals surface area contributed by atoms with E-state index in [-0.39, 0.29) is 0 Å². The molecule has 0 unspecified atom stereocenters. The summed E-state index contributed by atoms with van der Waals surface area (Å²) in [6.45, 7) is 2.80. The summed E-state index contributed by atoms with van der Waals surface area (Å²) in [5, 5.41) is 0. The minimum atomic E-state index is 0.332. The number of hydrogen-bond acceptors (Lipinski definition) is 3. The molecule has 1 aromatic rings. The number of aryl methyl sites for hydroxylation is 1. The van der Waals surface area contributed by atoms with Gasteiger partial charge in [-0.2, -0.15) is 0 Å². The third-order valence-corrected chi connectivity index (χ3v) is 2.70. The number of hydrogen-bond donors (Lipinski definition) is 1. The van der Waals surface area contributed by atoms with E-state index in [2.05, 4.69) is 4.98 Å². The van der Waals surface area contributed by atoms with Crippen LogP contribution in [-0.4, -0.2) is 17.6 Å². The van der Waals surface area contributed by atoms with Gasteiger partial charge in [0.1, 0.15) is 6.10 Å². The Bertz CT molecular complexity index is 291. The van der Waals surface area contributed by atoms with Gasteiger partial charge in [0.25, 0.3) is 0 Å². The Morgan fingerprint density at radius 1 is 1.50 bits per heavy atom. The fourth-order valence-corrected chi connectivity index (χ4v) is 1.66. The van der Waals surface area contributed by atoms with Crippen LogP contribution in [0.3, 0.4) is 0 Å². The first-order valence-electron chi connectivity index (χ1n) is 5.07. The van der Waals surface area contributed by atoms with Gasteiger partial charge in [-0.3, -0.25) is 0 Å². The molecule has 1 aliphatic rings. The van der Waals surface area contributed by atoms with Crippen molar-refractivity contribution in [2.45, 2.75) is 25.9 Å². The second-order valence-corrected chi connectivity index (χ2v) is 3.99. The van der Waals surface area contributed by atoms with Crippen molar-refractivity contribution >= 4 is 0 Å². The van der Waals surface area contributed by atoms with Gasteiger partial charge in [-0.1, -0.05) is 6.07 Å². The van der Waals surface area contributed by atoms with Crippen LogP contribution in [0, 0.1) is 12.8 Å². The lowest BCUT2D eigenvalue weighted by Gasteiger charge is -2.34. The van der Waals surface area contributed by atoms with Crippen molar-refractivity contribution in [2.75, 3.05) is 6.54 Å². The number of rotatable bonds is 3. The molecule has 3 heteroatoms. The normalized spacial score (nSPS) is 25.6. The standard InChI is InChI=1S/C11H16N2O/c1-8-2-3-11(13-7-8)14-10-4-9(5-10)6-12/h2-3,7,9-10H,4-6,12H2,1H3. The molecular weight excluding hydrogens is 176 g/mol. The molecule has 0 spiro atoms. The molecule has 2 rings (SSSR count). The van der Waals surface area contributed by atoms with Gasteiger partial charge in [0.2, 0.25) is 5.88 Å². The third-order valence-electron chi connectivity index (χ3n) is 2.70. The largest absolute Gasteiger partial charge is 0.474 e. The maximum Gasteiger partial charge on any atom is 0.213 e. The van der Waals surface area contributed by atoms with Crippen LogP contribution in [-0.2, 0) is 0 Å². The molecule has 0 atom stereocenters. The summed E-state index contributed by atoms with van der Waals surface area (Å²) in [5.41, 5.74) is 6.70. The molecule has 76 valence electrons. The first-order valence-corrected chi connectivity index (χ1v) is 5.07. The molecule has 0 bridgehead atoms. The fourth-order valence-electron chi connectivity index (χ4n) is 1.66. The van der Waals surface area contributed by atoms with Gasteiger partial charge in [0.05, 0.1) is 0 Å². The van der Waals surface area contributed by atoms with Crippen LogP contribution in [0.1, 0.15) is 18.4 Å². The molecule has 0 aromatic carbocycles. The van der Waals surface area contributed by atoms with Gasteiger partial charge in [0.15, 0.2) is 0 Å². The van der Waals surface area contributed by atoms with Crippen LogP contribution in [0.15, 0.2) is 18.3 Å². The topological polar surface area (TPSA) is 48.1 Å². The van der Waals surface area contributed by atoms with Crippen LogP contribution < -0.4 is 10.5 Å². The number of ether oxygens (including phenoxy) is 1. The highest BCUT2D eigenvalue weighted by Crippen LogP contribution is 2.29. The maximum absolute atomic E-state index is 5.67. The molecule has 3 nitrogen and oxygen atoms in total. The number of nitrogens with zero attached hydrogens (tertiary/aromatic N) is 1. The average Bonchev–Trinajstić information content (AvgIpc) is 2.13. The van der Waals surface area contributed by atoms with Gasteiger partial charge in [-0.25, -0.2) is 4.98 Å². The predicted molar refractivity (Wildman–Crippen MR) is 55.2 cm³/mol. The summed E-state index contributed by atoms with van der Waals surface area (Å²) in [5.74, 6) is 1.39.